The lowest BCUT2D eigenvalue weighted by atomic mass is 9.82. The number of rotatable bonds is 4. The monoisotopic (exact) mass is 966 g/mol. The van der Waals surface area contributed by atoms with E-state index in [4.69, 9.17) is 0 Å². The summed E-state index contributed by atoms with van der Waals surface area (Å²) in [6.07, 6.45) is 10.2. The highest BCUT2D eigenvalue weighted by atomic mass is 15.2. The van der Waals surface area contributed by atoms with Gasteiger partial charge in [-0.25, -0.2) is 0 Å². The highest BCUT2D eigenvalue weighted by Crippen LogP contribution is 2.53. The van der Waals surface area contributed by atoms with Gasteiger partial charge in [-0.05, 0) is 200 Å². The molecule has 0 spiro atoms. The van der Waals surface area contributed by atoms with Crippen molar-refractivity contribution in [3.8, 4) is 66.8 Å². The number of nitrogens with zero attached hydrogens (tertiary/aromatic N) is 2. The molecule has 0 radical (unpaired) electrons. The molecule has 17 rings (SSSR count). The lowest BCUT2D eigenvalue weighted by Gasteiger charge is -2.35. The molecule has 0 saturated carbocycles. The molecule has 0 fully saturated rings. The van der Waals surface area contributed by atoms with Crippen molar-refractivity contribution < 1.29 is 0 Å². The third kappa shape index (κ3) is 5.93. The van der Waals surface area contributed by atoms with Crippen molar-refractivity contribution in [2.45, 2.75) is 38.1 Å². The zero-order valence-corrected chi connectivity index (χ0v) is 42.0. The average molecular weight is 967 g/mol. The van der Waals surface area contributed by atoms with E-state index in [1.54, 1.807) is 0 Å². The van der Waals surface area contributed by atoms with Gasteiger partial charge in [-0.2, -0.15) is 0 Å². The molecule has 12 aromatic rings. The summed E-state index contributed by atoms with van der Waals surface area (Å²) in [7, 11) is 0. The number of hydrogen-bond donors (Lipinski definition) is 0. The van der Waals surface area contributed by atoms with Gasteiger partial charge in [0, 0.05) is 28.4 Å². The van der Waals surface area contributed by atoms with E-state index in [-0.39, 0.29) is 6.04 Å². The van der Waals surface area contributed by atoms with Crippen LogP contribution in [-0.2, 0) is 25.7 Å². The summed E-state index contributed by atoms with van der Waals surface area (Å²) in [5, 5.41) is 10.4. The second-order valence-corrected chi connectivity index (χ2v) is 21.6. The van der Waals surface area contributed by atoms with Crippen LogP contribution in [0, 0.1) is 0 Å². The van der Waals surface area contributed by atoms with E-state index in [0.29, 0.717) is 0 Å². The molecule has 1 unspecified atom stereocenters. The first-order valence-corrected chi connectivity index (χ1v) is 27.3. The summed E-state index contributed by atoms with van der Waals surface area (Å²) < 4.78 is 0. The van der Waals surface area contributed by atoms with E-state index in [1.165, 1.54) is 160 Å². The number of para-hydroxylation sites is 4. The maximum absolute atomic E-state index is 2.68. The summed E-state index contributed by atoms with van der Waals surface area (Å²) in [6.45, 7) is 0. The number of aryl methyl sites for hydroxylation is 4. The van der Waals surface area contributed by atoms with Gasteiger partial charge >= 0.3 is 0 Å². The first-order chi connectivity index (χ1) is 37.7. The maximum atomic E-state index is 2.68. The van der Waals surface area contributed by atoms with Gasteiger partial charge in [0.25, 0.3) is 0 Å². The van der Waals surface area contributed by atoms with Crippen LogP contribution < -0.4 is 20.2 Å². The molecule has 356 valence electrons. The Balaban J connectivity index is 1.02. The Bertz CT molecular complexity index is 4500. The predicted molar refractivity (Wildman–Crippen MR) is 320 cm³/mol. The fraction of sp³-hybridized carbons (Fsp3) is 0.0811. The van der Waals surface area contributed by atoms with Gasteiger partial charge in [-0.15, -0.1) is 0 Å². The van der Waals surface area contributed by atoms with Crippen molar-refractivity contribution in [2.24, 2.45) is 0 Å². The Morgan fingerprint density at radius 3 is 1.22 bits per heavy atom. The summed E-state index contributed by atoms with van der Waals surface area (Å²) in [5.41, 5.74) is 27.6. The van der Waals surface area contributed by atoms with Crippen LogP contribution in [0.2, 0.25) is 0 Å². The number of fused-ring (bicyclic) bond motifs is 12. The van der Waals surface area contributed by atoms with Crippen LogP contribution in [0.25, 0.3) is 111 Å². The Labute approximate surface area is 442 Å². The molecule has 2 heterocycles. The molecular formula is C74H50N2. The number of anilines is 5. The topological polar surface area (TPSA) is 6.48 Å². The minimum atomic E-state index is 0.0599. The third-order valence-electron chi connectivity index (χ3n) is 17.8. The maximum Gasteiger partial charge on any atom is 0.0566 e. The first kappa shape index (κ1) is 42.2. The zero-order chi connectivity index (χ0) is 49.6. The van der Waals surface area contributed by atoms with E-state index in [0.717, 1.165) is 32.1 Å². The normalized spacial score (nSPS) is 15.1. The molecule has 2 nitrogen and oxygen atoms in total. The second kappa shape index (κ2) is 16.1. The van der Waals surface area contributed by atoms with Gasteiger partial charge in [0.1, 0.15) is 0 Å². The fourth-order valence-corrected chi connectivity index (χ4v) is 14.6. The molecule has 0 N–H and O–H groups in total. The molecule has 5 aliphatic rings. The van der Waals surface area contributed by atoms with Crippen molar-refractivity contribution in [2.75, 3.05) is 9.80 Å². The Hall–Kier alpha value is -9.24. The quantitative estimate of drug-likeness (QED) is 0.173. The van der Waals surface area contributed by atoms with Gasteiger partial charge < -0.3 is 9.80 Å². The molecular weight excluding hydrogens is 917 g/mol. The van der Waals surface area contributed by atoms with Gasteiger partial charge in [0.05, 0.1) is 6.04 Å². The SMILES string of the molecule is C1=c2c(-c3ccc4c5c(cccc35)-c3ccccc3-4)c3ccc(N4c5ccccc5CCc5ccccc54)cc3c(-c3ccc4c5c(cccc35)-c3ccccc3-4)c2=CCC1N1c2ccccc2CCc2ccccc21. The van der Waals surface area contributed by atoms with Crippen LogP contribution >= 0.6 is 0 Å². The van der Waals surface area contributed by atoms with E-state index in [9.17, 15) is 0 Å². The minimum absolute atomic E-state index is 0.0599. The van der Waals surface area contributed by atoms with Gasteiger partial charge in [0.15, 0.2) is 0 Å². The summed E-state index contributed by atoms with van der Waals surface area (Å²) >= 11 is 0. The molecule has 0 amide bonds. The molecule has 2 aliphatic heterocycles. The molecule has 2 heteroatoms. The summed E-state index contributed by atoms with van der Waals surface area (Å²) in [5.74, 6) is 0. The van der Waals surface area contributed by atoms with Gasteiger partial charge in [0.2, 0.25) is 0 Å². The molecule has 0 bridgehead atoms. The van der Waals surface area contributed by atoms with Crippen molar-refractivity contribution in [3.05, 3.63) is 257 Å². The van der Waals surface area contributed by atoms with E-state index in [1.807, 2.05) is 0 Å². The predicted octanol–water partition coefficient (Wildman–Crippen LogP) is 17.6. The standard InChI is InChI=1S/C74H50N2/c1-9-27-67-45(15-1)31-32-46-16-2-10-28-68(46)75(67)49-35-37-63-65(43-49)73(61-41-39-59-53-21-7-5-19-51(53)55-23-13-25-57(61)71(55)59)64-38-36-50(76-69-29-11-3-17-47(69)33-34-48-18-4-12-30-70(48)76)44-66(64)74(63)62-42-40-60-54-22-8-6-20-52(54)56-24-14-26-58(62)72(56)60/h1-30,35,37-44,50H,31-34,36H2. The van der Waals surface area contributed by atoms with Crippen LogP contribution in [0.1, 0.15) is 28.7 Å². The van der Waals surface area contributed by atoms with Gasteiger partial charge in [-0.1, -0.05) is 200 Å². The van der Waals surface area contributed by atoms with Crippen LogP contribution in [0.15, 0.2) is 224 Å². The minimum Gasteiger partial charge on any atom is -0.334 e. The number of benzene rings is 12. The fourth-order valence-electron chi connectivity index (χ4n) is 14.6. The van der Waals surface area contributed by atoms with Crippen molar-refractivity contribution >= 4 is 72.9 Å². The third-order valence-corrected chi connectivity index (χ3v) is 17.8. The zero-order valence-electron chi connectivity index (χ0n) is 42.0. The lowest BCUT2D eigenvalue weighted by Crippen LogP contribution is -2.40. The summed E-state index contributed by atoms with van der Waals surface area (Å²) in [6, 6.07) is 85.7. The van der Waals surface area contributed by atoms with Crippen LogP contribution in [0.3, 0.4) is 0 Å². The molecule has 12 aromatic carbocycles. The first-order valence-electron chi connectivity index (χ1n) is 27.3. The highest BCUT2D eigenvalue weighted by molar-refractivity contribution is 6.23. The van der Waals surface area contributed by atoms with E-state index in [2.05, 4.69) is 246 Å². The van der Waals surface area contributed by atoms with Crippen LogP contribution in [0.4, 0.5) is 28.4 Å². The van der Waals surface area contributed by atoms with Crippen LogP contribution in [0.5, 0.6) is 0 Å². The Morgan fingerprint density at radius 1 is 0.303 bits per heavy atom. The molecule has 1 atom stereocenters. The largest absolute Gasteiger partial charge is 0.334 e. The Kier molecular flexibility index (Phi) is 8.95. The lowest BCUT2D eigenvalue weighted by molar-refractivity contribution is 0.835. The molecule has 3 aliphatic carbocycles. The molecule has 0 aromatic heterocycles. The smallest absolute Gasteiger partial charge is 0.0566 e. The van der Waals surface area contributed by atoms with E-state index < -0.39 is 0 Å². The van der Waals surface area contributed by atoms with Crippen LogP contribution in [-0.4, -0.2) is 6.04 Å². The highest BCUT2D eigenvalue weighted by Gasteiger charge is 2.32. The summed E-state index contributed by atoms with van der Waals surface area (Å²) in [4.78, 5) is 5.24. The van der Waals surface area contributed by atoms with Crippen molar-refractivity contribution in [3.63, 3.8) is 0 Å². The second-order valence-electron chi connectivity index (χ2n) is 21.6. The molecule has 0 saturated heterocycles. The number of hydrogen-bond acceptors (Lipinski definition) is 2. The van der Waals surface area contributed by atoms with E-state index >= 15 is 0 Å². The molecule has 76 heavy (non-hydrogen) atoms. The Morgan fingerprint density at radius 2 is 0.711 bits per heavy atom. The van der Waals surface area contributed by atoms with Crippen molar-refractivity contribution in [1.82, 2.24) is 0 Å². The van der Waals surface area contributed by atoms with Crippen molar-refractivity contribution in [1.29, 1.82) is 0 Å². The average Bonchev–Trinajstić information content (AvgIpc) is 3.87. The van der Waals surface area contributed by atoms with Gasteiger partial charge in [-0.3, -0.25) is 0 Å².